The van der Waals surface area contributed by atoms with Gasteiger partial charge in [0.15, 0.2) is 0 Å². The summed E-state index contributed by atoms with van der Waals surface area (Å²) in [6.45, 7) is 1.79. The Morgan fingerprint density at radius 2 is 1.80 bits per heavy atom. The first kappa shape index (κ1) is 16.0. The van der Waals surface area contributed by atoms with Crippen LogP contribution in [0.3, 0.4) is 0 Å². The average molecular weight is 276 g/mol. The Bertz CT molecular complexity index is 471. The van der Waals surface area contributed by atoms with E-state index in [4.69, 9.17) is 0 Å². The van der Waals surface area contributed by atoms with E-state index in [0.717, 1.165) is 5.56 Å². The molecule has 1 atom stereocenters. The molecule has 0 heterocycles. The lowest BCUT2D eigenvalue weighted by Crippen LogP contribution is -2.35. The van der Waals surface area contributed by atoms with E-state index in [1.807, 2.05) is 30.3 Å². The number of Topliss-reactive ketones (excluding diaryl/α,β-unsaturated/α-hetero) is 2. The number of hydrogen-bond acceptors (Lipinski definition) is 4. The summed E-state index contributed by atoms with van der Waals surface area (Å²) in [7, 11) is 1.66. The molecular weight excluding hydrogens is 256 g/mol. The van der Waals surface area contributed by atoms with E-state index in [9.17, 15) is 14.4 Å². The Hall–Kier alpha value is -2.01. The molecule has 0 aliphatic carbocycles. The number of benzene rings is 1. The van der Waals surface area contributed by atoms with Gasteiger partial charge in [0, 0.05) is 13.0 Å². The second kappa shape index (κ2) is 8.22. The minimum atomic E-state index is -0.604. The van der Waals surface area contributed by atoms with Crippen LogP contribution in [0.5, 0.6) is 0 Å². The summed E-state index contributed by atoms with van der Waals surface area (Å²) in [5, 5.41) is 5.40. The van der Waals surface area contributed by atoms with Gasteiger partial charge in [-0.3, -0.25) is 14.4 Å². The minimum absolute atomic E-state index is 0.0370. The third kappa shape index (κ3) is 5.32. The van der Waals surface area contributed by atoms with Crippen molar-refractivity contribution in [2.24, 2.45) is 0 Å². The summed E-state index contributed by atoms with van der Waals surface area (Å²) >= 11 is 0. The van der Waals surface area contributed by atoms with E-state index in [1.165, 1.54) is 6.92 Å². The van der Waals surface area contributed by atoms with E-state index in [0.29, 0.717) is 13.0 Å². The summed E-state index contributed by atoms with van der Waals surface area (Å²) in [6, 6.07) is 8.99. The van der Waals surface area contributed by atoms with Crippen molar-refractivity contribution in [3.63, 3.8) is 0 Å². The molecule has 1 rings (SSSR count). The molecule has 0 bridgehead atoms. The van der Waals surface area contributed by atoms with Crippen molar-refractivity contribution in [3.8, 4) is 0 Å². The molecule has 0 saturated carbocycles. The number of ketones is 2. The maximum atomic E-state index is 11.7. The molecule has 2 N–H and O–H groups in total. The summed E-state index contributed by atoms with van der Waals surface area (Å²) in [5.74, 6) is -1.14. The lowest BCUT2D eigenvalue weighted by atomic mass is 10.1. The number of carbonyl (C=O) groups is 3. The van der Waals surface area contributed by atoms with Gasteiger partial charge in [0.2, 0.25) is 5.78 Å². The van der Waals surface area contributed by atoms with Crippen molar-refractivity contribution in [3.05, 3.63) is 35.9 Å². The van der Waals surface area contributed by atoms with Crippen LogP contribution in [0.25, 0.3) is 0 Å². The molecule has 0 saturated heterocycles. The smallest absolute Gasteiger partial charge is 0.287 e. The van der Waals surface area contributed by atoms with E-state index < -0.39 is 11.7 Å². The second-order valence-corrected chi connectivity index (χ2v) is 4.58. The van der Waals surface area contributed by atoms with E-state index in [-0.39, 0.29) is 18.2 Å². The molecule has 0 spiro atoms. The third-order valence-corrected chi connectivity index (χ3v) is 3.05. The SMILES string of the molecule is CN[C@@H](CCC(=O)C(=O)NCc1ccccc1)C(C)=O. The largest absolute Gasteiger partial charge is 0.345 e. The molecule has 0 fully saturated rings. The van der Waals surface area contributed by atoms with Gasteiger partial charge in [0.05, 0.1) is 6.04 Å². The van der Waals surface area contributed by atoms with E-state index in [2.05, 4.69) is 10.6 Å². The van der Waals surface area contributed by atoms with Crippen LogP contribution in [-0.2, 0) is 20.9 Å². The third-order valence-electron chi connectivity index (χ3n) is 3.05. The van der Waals surface area contributed by atoms with Gasteiger partial charge in [0.1, 0.15) is 5.78 Å². The normalized spacial score (nSPS) is 11.7. The van der Waals surface area contributed by atoms with Crippen LogP contribution < -0.4 is 10.6 Å². The zero-order valence-electron chi connectivity index (χ0n) is 11.8. The van der Waals surface area contributed by atoms with Crippen LogP contribution in [0.4, 0.5) is 0 Å². The summed E-state index contributed by atoms with van der Waals surface area (Å²) in [4.78, 5) is 34.5. The molecule has 1 aromatic rings. The van der Waals surface area contributed by atoms with Crippen LogP contribution in [0.1, 0.15) is 25.3 Å². The van der Waals surface area contributed by atoms with Crippen LogP contribution in [0.15, 0.2) is 30.3 Å². The average Bonchev–Trinajstić information content (AvgIpc) is 2.45. The molecule has 0 unspecified atom stereocenters. The number of amides is 1. The fourth-order valence-electron chi connectivity index (χ4n) is 1.82. The number of nitrogens with one attached hydrogen (secondary N) is 2. The topological polar surface area (TPSA) is 75.3 Å². The molecule has 5 nitrogen and oxygen atoms in total. The Labute approximate surface area is 118 Å². The molecule has 0 aliphatic rings. The van der Waals surface area contributed by atoms with Gasteiger partial charge < -0.3 is 10.6 Å². The fourth-order valence-corrected chi connectivity index (χ4v) is 1.82. The highest BCUT2D eigenvalue weighted by Crippen LogP contribution is 2.01. The predicted molar refractivity (Wildman–Crippen MR) is 76.1 cm³/mol. The van der Waals surface area contributed by atoms with Gasteiger partial charge in [-0.15, -0.1) is 0 Å². The zero-order valence-corrected chi connectivity index (χ0v) is 11.8. The molecule has 0 aromatic heterocycles. The molecule has 0 radical (unpaired) electrons. The van der Waals surface area contributed by atoms with Crippen LogP contribution in [0.2, 0.25) is 0 Å². The van der Waals surface area contributed by atoms with Gasteiger partial charge in [0.25, 0.3) is 5.91 Å². The number of carbonyl (C=O) groups excluding carboxylic acids is 3. The van der Waals surface area contributed by atoms with Crippen molar-refractivity contribution in [1.29, 1.82) is 0 Å². The van der Waals surface area contributed by atoms with Crippen molar-refractivity contribution in [2.45, 2.75) is 32.4 Å². The highest BCUT2D eigenvalue weighted by atomic mass is 16.2. The maximum absolute atomic E-state index is 11.7. The summed E-state index contributed by atoms with van der Waals surface area (Å²) in [6.07, 6.45) is 0.398. The van der Waals surface area contributed by atoms with E-state index >= 15 is 0 Å². The number of rotatable bonds is 8. The van der Waals surface area contributed by atoms with Crippen LogP contribution >= 0.6 is 0 Å². The van der Waals surface area contributed by atoms with Crippen LogP contribution in [-0.4, -0.2) is 30.6 Å². The van der Waals surface area contributed by atoms with Crippen LogP contribution in [0, 0.1) is 0 Å². The minimum Gasteiger partial charge on any atom is -0.345 e. The lowest BCUT2D eigenvalue weighted by molar-refractivity contribution is -0.138. The highest BCUT2D eigenvalue weighted by Gasteiger charge is 2.17. The van der Waals surface area contributed by atoms with Gasteiger partial charge in [-0.25, -0.2) is 0 Å². The Balaban J connectivity index is 2.36. The number of hydrogen-bond donors (Lipinski definition) is 2. The summed E-state index contributed by atoms with van der Waals surface area (Å²) in [5.41, 5.74) is 0.936. The fraction of sp³-hybridized carbons (Fsp3) is 0.400. The lowest BCUT2D eigenvalue weighted by Gasteiger charge is -2.11. The first-order chi connectivity index (χ1) is 9.54. The standard InChI is InChI=1S/C15H20N2O3/c1-11(18)13(16-2)8-9-14(19)15(20)17-10-12-6-4-3-5-7-12/h3-7,13,16H,8-10H2,1-2H3,(H,17,20)/t13-/m0/s1. The van der Waals surface area contributed by atoms with Crippen molar-refractivity contribution in [2.75, 3.05) is 7.05 Å². The van der Waals surface area contributed by atoms with Crippen molar-refractivity contribution in [1.82, 2.24) is 10.6 Å². The quantitative estimate of drug-likeness (QED) is 0.690. The summed E-state index contributed by atoms with van der Waals surface area (Å²) < 4.78 is 0. The van der Waals surface area contributed by atoms with Gasteiger partial charge in [-0.05, 0) is 26.0 Å². The first-order valence-corrected chi connectivity index (χ1v) is 6.57. The monoisotopic (exact) mass is 276 g/mol. The molecule has 5 heteroatoms. The Kier molecular flexibility index (Phi) is 6.59. The molecule has 1 aromatic carbocycles. The van der Waals surface area contributed by atoms with Crippen molar-refractivity contribution < 1.29 is 14.4 Å². The molecule has 0 aliphatic heterocycles. The molecule has 1 amide bonds. The van der Waals surface area contributed by atoms with Gasteiger partial charge in [-0.2, -0.15) is 0 Å². The Morgan fingerprint density at radius 3 is 2.35 bits per heavy atom. The highest BCUT2D eigenvalue weighted by molar-refractivity contribution is 6.36. The Morgan fingerprint density at radius 1 is 1.15 bits per heavy atom. The molecule has 20 heavy (non-hydrogen) atoms. The van der Waals surface area contributed by atoms with Crippen molar-refractivity contribution >= 4 is 17.5 Å². The predicted octanol–water partition coefficient (Wildman–Crippen LogP) is 0.829. The molecular formula is C15H20N2O3. The maximum Gasteiger partial charge on any atom is 0.287 e. The van der Waals surface area contributed by atoms with Gasteiger partial charge in [-0.1, -0.05) is 30.3 Å². The van der Waals surface area contributed by atoms with E-state index in [1.54, 1.807) is 7.05 Å². The number of likely N-dealkylation sites (N-methyl/N-ethyl adjacent to an activating group) is 1. The molecule has 108 valence electrons. The van der Waals surface area contributed by atoms with Gasteiger partial charge >= 0.3 is 0 Å². The zero-order chi connectivity index (χ0) is 15.0. The second-order valence-electron chi connectivity index (χ2n) is 4.58. The first-order valence-electron chi connectivity index (χ1n) is 6.57.